The van der Waals surface area contributed by atoms with Gasteiger partial charge >= 0.3 is 5.97 Å². The average molecular weight is 278 g/mol. The fourth-order valence-corrected chi connectivity index (χ4v) is 1.74. The van der Waals surface area contributed by atoms with Crippen molar-refractivity contribution in [1.82, 2.24) is 9.97 Å². The zero-order chi connectivity index (χ0) is 13.0. The molecule has 1 heterocycles. The standard InChI is InChI=1S/C10H13Cl2N3O2/c1-5(2)3-6(9(16)17)13-8-4-7(11)14-10(12)15-8/h4-6H,3H2,1-2H3,(H,16,17)(H,13,14,15)/t6-/m0/s1. The molecule has 5 nitrogen and oxygen atoms in total. The van der Waals surface area contributed by atoms with E-state index in [9.17, 15) is 4.79 Å². The zero-order valence-corrected chi connectivity index (χ0v) is 11.0. The first-order valence-corrected chi connectivity index (χ1v) is 5.83. The van der Waals surface area contributed by atoms with E-state index in [4.69, 9.17) is 28.3 Å². The quantitative estimate of drug-likeness (QED) is 0.639. The second-order valence-corrected chi connectivity index (χ2v) is 4.73. The summed E-state index contributed by atoms with van der Waals surface area (Å²) in [5, 5.41) is 12.0. The van der Waals surface area contributed by atoms with Crippen LogP contribution < -0.4 is 5.32 Å². The smallest absolute Gasteiger partial charge is 0.326 e. The van der Waals surface area contributed by atoms with Crippen molar-refractivity contribution >= 4 is 35.0 Å². The summed E-state index contributed by atoms with van der Waals surface area (Å²) < 4.78 is 0. The monoisotopic (exact) mass is 277 g/mol. The number of nitrogens with one attached hydrogen (secondary N) is 1. The molecule has 0 aliphatic carbocycles. The van der Waals surface area contributed by atoms with Crippen LogP contribution in [0.1, 0.15) is 20.3 Å². The number of rotatable bonds is 5. The van der Waals surface area contributed by atoms with Crippen molar-refractivity contribution in [3.05, 3.63) is 16.5 Å². The number of carboxylic acids is 1. The second kappa shape index (κ2) is 6.02. The molecule has 2 N–H and O–H groups in total. The number of hydrogen-bond acceptors (Lipinski definition) is 4. The van der Waals surface area contributed by atoms with Gasteiger partial charge in [0.15, 0.2) is 0 Å². The lowest BCUT2D eigenvalue weighted by Crippen LogP contribution is -2.31. The van der Waals surface area contributed by atoms with E-state index in [0.29, 0.717) is 12.2 Å². The minimum absolute atomic E-state index is 0.0197. The molecule has 1 aromatic rings. The highest BCUT2D eigenvalue weighted by molar-refractivity contribution is 6.32. The van der Waals surface area contributed by atoms with Gasteiger partial charge in [0.1, 0.15) is 17.0 Å². The maximum absolute atomic E-state index is 11.0. The Hall–Kier alpha value is -1.07. The minimum Gasteiger partial charge on any atom is -0.480 e. The molecule has 1 aromatic heterocycles. The summed E-state index contributed by atoms with van der Waals surface area (Å²) in [5.41, 5.74) is 0. The molecular weight excluding hydrogens is 265 g/mol. The minimum atomic E-state index is -0.940. The van der Waals surface area contributed by atoms with Crippen molar-refractivity contribution in [2.75, 3.05) is 5.32 Å². The molecule has 0 radical (unpaired) electrons. The summed E-state index contributed by atoms with van der Waals surface area (Å²) in [6, 6.07) is 0.709. The van der Waals surface area contributed by atoms with Crippen molar-refractivity contribution in [2.24, 2.45) is 5.92 Å². The molecule has 7 heteroatoms. The highest BCUT2D eigenvalue weighted by Gasteiger charge is 2.19. The molecule has 0 fully saturated rings. The number of hydrogen-bond donors (Lipinski definition) is 2. The first kappa shape index (κ1) is 14.0. The van der Waals surface area contributed by atoms with Crippen LogP contribution in [0.25, 0.3) is 0 Å². The number of carbonyl (C=O) groups is 1. The lowest BCUT2D eigenvalue weighted by Gasteiger charge is -2.16. The maximum atomic E-state index is 11.0. The van der Waals surface area contributed by atoms with Crippen LogP contribution in [0.4, 0.5) is 5.82 Å². The normalized spacial score (nSPS) is 12.5. The molecule has 0 aromatic carbocycles. The van der Waals surface area contributed by atoms with Gasteiger partial charge in [-0.3, -0.25) is 0 Å². The summed E-state index contributed by atoms with van der Waals surface area (Å²) in [5.74, 6) is -0.385. The highest BCUT2D eigenvalue weighted by Crippen LogP contribution is 2.17. The van der Waals surface area contributed by atoms with Crippen molar-refractivity contribution in [1.29, 1.82) is 0 Å². The highest BCUT2D eigenvalue weighted by atomic mass is 35.5. The van der Waals surface area contributed by atoms with E-state index in [1.165, 1.54) is 6.07 Å². The first-order chi connectivity index (χ1) is 7.88. The van der Waals surface area contributed by atoms with Crippen LogP contribution in [-0.2, 0) is 4.79 Å². The molecule has 0 spiro atoms. The van der Waals surface area contributed by atoms with Crippen LogP contribution in [0, 0.1) is 5.92 Å². The van der Waals surface area contributed by atoms with Crippen LogP contribution in [0.5, 0.6) is 0 Å². The fourth-order valence-electron chi connectivity index (χ4n) is 1.34. The van der Waals surface area contributed by atoms with Crippen LogP contribution >= 0.6 is 23.2 Å². The van der Waals surface area contributed by atoms with Gasteiger partial charge in [0, 0.05) is 6.07 Å². The Morgan fingerprint density at radius 1 is 1.47 bits per heavy atom. The summed E-state index contributed by atoms with van der Waals surface area (Å²) in [6.45, 7) is 3.88. The summed E-state index contributed by atoms with van der Waals surface area (Å²) in [6.07, 6.45) is 0.481. The molecule has 17 heavy (non-hydrogen) atoms. The maximum Gasteiger partial charge on any atom is 0.326 e. The van der Waals surface area contributed by atoms with Gasteiger partial charge in [0.25, 0.3) is 0 Å². The lowest BCUT2D eigenvalue weighted by atomic mass is 10.0. The van der Waals surface area contributed by atoms with E-state index < -0.39 is 12.0 Å². The van der Waals surface area contributed by atoms with Gasteiger partial charge in [0.2, 0.25) is 5.28 Å². The SMILES string of the molecule is CC(C)C[C@H](Nc1cc(Cl)nc(Cl)n1)C(=O)O. The zero-order valence-electron chi connectivity index (χ0n) is 9.44. The van der Waals surface area contributed by atoms with Crippen LogP contribution in [-0.4, -0.2) is 27.1 Å². The van der Waals surface area contributed by atoms with Gasteiger partial charge in [-0.1, -0.05) is 25.4 Å². The van der Waals surface area contributed by atoms with Crippen LogP contribution in [0.15, 0.2) is 6.07 Å². The molecular formula is C10H13Cl2N3O2. The third-order valence-corrected chi connectivity index (χ3v) is 2.36. The largest absolute Gasteiger partial charge is 0.480 e. The molecule has 0 amide bonds. The number of carboxylic acid groups (broad SMARTS) is 1. The van der Waals surface area contributed by atoms with E-state index in [2.05, 4.69) is 15.3 Å². The van der Waals surface area contributed by atoms with Gasteiger partial charge in [-0.05, 0) is 23.9 Å². The lowest BCUT2D eigenvalue weighted by molar-refractivity contribution is -0.138. The Kier molecular flexibility index (Phi) is 4.96. The van der Waals surface area contributed by atoms with Crippen LogP contribution in [0.2, 0.25) is 10.4 Å². The third-order valence-electron chi connectivity index (χ3n) is 1.99. The van der Waals surface area contributed by atoms with E-state index in [-0.39, 0.29) is 16.4 Å². The van der Waals surface area contributed by atoms with Gasteiger partial charge < -0.3 is 10.4 Å². The summed E-state index contributed by atoms with van der Waals surface area (Å²) in [4.78, 5) is 18.6. The van der Waals surface area contributed by atoms with Gasteiger partial charge in [-0.15, -0.1) is 0 Å². The predicted molar refractivity (Wildman–Crippen MR) is 66.6 cm³/mol. The van der Waals surface area contributed by atoms with Crippen molar-refractivity contribution < 1.29 is 9.90 Å². The van der Waals surface area contributed by atoms with Crippen molar-refractivity contribution in [3.8, 4) is 0 Å². The summed E-state index contributed by atoms with van der Waals surface area (Å²) in [7, 11) is 0. The van der Waals surface area contributed by atoms with Crippen molar-refractivity contribution in [2.45, 2.75) is 26.3 Å². The third kappa shape index (κ3) is 4.75. The number of nitrogens with zero attached hydrogens (tertiary/aromatic N) is 2. The van der Waals surface area contributed by atoms with Crippen molar-refractivity contribution in [3.63, 3.8) is 0 Å². The van der Waals surface area contributed by atoms with Gasteiger partial charge in [0.05, 0.1) is 0 Å². The first-order valence-electron chi connectivity index (χ1n) is 5.08. The van der Waals surface area contributed by atoms with Gasteiger partial charge in [-0.25, -0.2) is 14.8 Å². The molecule has 94 valence electrons. The Balaban J connectivity index is 2.82. The van der Waals surface area contributed by atoms with E-state index in [0.717, 1.165) is 0 Å². The topological polar surface area (TPSA) is 75.1 Å². The Morgan fingerprint density at radius 2 is 2.12 bits per heavy atom. The molecule has 0 aliphatic heterocycles. The van der Waals surface area contributed by atoms with E-state index in [1.54, 1.807) is 0 Å². The summed E-state index contributed by atoms with van der Waals surface area (Å²) >= 11 is 11.3. The number of aromatic nitrogens is 2. The Bertz CT molecular complexity index is 392. The van der Waals surface area contributed by atoms with E-state index in [1.807, 2.05) is 13.8 Å². The number of aliphatic carboxylic acids is 1. The number of anilines is 1. The fraction of sp³-hybridized carbons (Fsp3) is 0.500. The molecule has 0 bridgehead atoms. The number of halogens is 2. The molecule has 0 saturated carbocycles. The van der Waals surface area contributed by atoms with Gasteiger partial charge in [-0.2, -0.15) is 0 Å². The molecule has 1 atom stereocenters. The Morgan fingerprint density at radius 3 is 2.59 bits per heavy atom. The van der Waals surface area contributed by atoms with Crippen LogP contribution in [0.3, 0.4) is 0 Å². The average Bonchev–Trinajstić information content (AvgIpc) is 2.13. The molecule has 1 rings (SSSR count). The predicted octanol–water partition coefficient (Wildman–Crippen LogP) is 2.69. The molecule has 0 unspecified atom stereocenters. The molecule has 0 saturated heterocycles. The second-order valence-electron chi connectivity index (χ2n) is 4.01. The molecule has 0 aliphatic rings. The van der Waals surface area contributed by atoms with E-state index >= 15 is 0 Å². The Labute approximate surface area is 109 Å².